The van der Waals surface area contributed by atoms with Gasteiger partial charge in [0.2, 0.25) is 0 Å². The summed E-state index contributed by atoms with van der Waals surface area (Å²) in [5, 5.41) is 3.37. The molecule has 0 radical (unpaired) electrons. The molecule has 0 aliphatic carbocycles. The summed E-state index contributed by atoms with van der Waals surface area (Å²) in [4.78, 5) is 23.9. The Morgan fingerprint density at radius 2 is 1.79 bits per heavy atom. The molecule has 1 amide bonds. The monoisotopic (exact) mass is 405 g/mol. The maximum atomic E-state index is 12.1. The lowest BCUT2D eigenvalue weighted by Crippen LogP contribution is -2.37. The zero-order valence-corrected chi connectivity index (χ0v) is 16.9. The topological polar surface area (TPSA) is 73.9 Å². The van der Waals surface area contributed by atoms with Gasteiger partial charge in [-0.25, -0.2) is 4.79 Å². The molecule has 0 aromatic heterocycles. The summed E-state index contributed by atoms with van der Waals surface area (Å²) < 4.78 is 15.6. The Hall–Kier alpha value is -2.73. The van der Waals surface area contributed by atoms with Gasteiger partial charge in [0.05, 0.1) is 7.11 Å². The molecule has 7 heteroatoms. The lowest BCUT2D eigenvalue weighted by molar-refractivity contribution is -0.156. The van der Waals surface area contributed by atoms with Crippen molar-refractivity contribution in [2.75, 3.05) is 20.3 Å². The Balaban J connectivity index is 1.70. The van der Waals surface area contributed by atoms with Crippen molar-refractivity contribution in [3.63, 3.8) is 0 Å². The van der Waals surface area contributed by atoms with Gasteiger partial charge >= 0.3 is 5.97 Å². The third kappa shape index (κ3) is 6.78. The second kappa shape index (κ2) is 10.6. The zero-order chi connectivity index (χ0) is 20.5. The average Bonchev–Trinajstić information content (AvgIpc) is 2.69. The van der Waals surface area contributed by atoms with Gasteiger partial charge < -0.3 is 19.5 Å². The third-order valence-corrected chi connectivity index (χ3v) is 4.46. The van der Waals surface area contributed by atoms with E-state index in [4.69, 9.17) is 25.8 Å². The predicted molar refractivity (Wildman–Crippen MR) is 107 cm³/mol. The minimum atomic E-state index is -0.904. The molecule has 6 nitrogen and oxygen atoms in total. The van der Waals surface area contributed by atoms with Gasteiger partial charge in [0.15, 0.2) is 12.7 Å². The predicted octanol–water partition coefficient (Wildman–Crippen LogP) is 3.33. The van der Waals surface area contributed by atoms with Crippen LogP contribution in [0.2, 0.25) is 5.02 Å². The van der Waals surface area contributed by atoms with E-state index >= 15 is 0 Å². The fourth-order valence-corrected chi connectivity index (χ4v) is 2.52. The largest absolute Gasteiger partial charge is 0.497 e. The smallest absolute Gasteiger partial charge is 0.344 e. The number of esters is 1. The number of ether oxygens (including phenoxy) is 3. The average molecular weight is 406 g/mol. The van der Waals surface area contributed by atoms with Gasteiger partial charge in [-0.15, -0.1) is 0 Å². The lowest BCUT2D eigenvalue weighted by Gasteiger charge is -2.14. The summed E-state index contributed by atoms with van der Waals surface area (Å²) in [5.41, 5.74) is 1.91. The van der Waals surface area contributed by atoms with Crippen molar-refractivity contribution < 1.29 is 23.8 Å². The molecule has 0 heterocycles. The maximum Gasteiger partial charge on any atom is 0.344 e. The van der Waals surface area contributed by atoms with Crippen molar-refractivity contribution in [3.05, 3.63) is 58.6 Å². The molecular formula is C21H24ClNO5. The maximum absolute atomic E-state index is 12.1. The van der Waals surface area contributed by atoms with Crippen LogP contribution >= 0.6 is 11.6 Å². The molecule has 0 aliphatic rings. The number of rotatable bonds is 9. The van der Waals surface area contributed by atoms with Crippen molar-refractivity contribution in [2.24, 2.45) is 0 Å². The molecule has 2 rings (SSSR count). The summed E-state index contributed by atoms with van der Waals surface area (Å²) in [7, 11) is 1.61. The van der Waals surface area contributed by atoms with E-state index in [1.807, 2.05) is 31.2 Å². The van der Waals surface area contributed by atoms with Gasteiger partial charge in [0, 0.05) is 11.6 Å². The van der Waals surface area contributed by atoms with Crippen molar-refractivity contribution in [1.82, 2.24) is 5.32 Å². The van der Waals surface area contributed by atoms with Gasteiger partial charge in [-0.3, -0.25) is 4.79 Å². The molecule has 0 aliphatic heterocycles. The van der Waals surface area contributed by atoms with Crippen LogP contribution in [0.15, 0.2) is 42.5 Å². The van der Waals surface area contributed by atoms with E-state index < -0.39 is 12.1 Å². The minimum Gasteiger partial charge on any atom is -0.497 e. The number of carbonyl (C=O) groups is 2. The van der Waals surface area contributed by atoms with Crippen LogP contribution < -0.4 is 14.8 Å². The second-order valence-corrected chi connectivity index (χ2v) is 6.63. The first-order valence-electron chi connectivity index (χ1n) is 8.88. The SMILES string of the molecule is COc1ccc(CCNC(=O)C(C)OC(=O)COc2ccc(Cl)c(C)c2)cc1. The molecule has 150 valence electrons. The molecule has 0 bridgehead atoms. The van der Waals surface area contributed by atoms with E-state index in [1.54, 1.807) is 25.3 Å². The Kier molecular flexibility index (Phi) is 8.14. The van der Waals surface area contributed by atoms with E-state index in [0.29, 0.717) is 23.7 Å². The van der Waals surface area contributed by atoms with Crippen LogP contribution in [0.3, 0.4) is 0 Å². The van der Waals surface area contributed by atoms with E-state index in [9.17, 15) is 9.59 Å². The van der Waals surface area contributed by atoms with Crippen LogP contribution in [0.1, 0.15) is 18.1 Å². The fraction of sp³-hybridized carbons (Fsp3) is 0.333. The number of hydrogen-bond donors (Lipinski definition) is 1. The third-order valence-electron chi connectivity index (χ3n) is 4.04. The highest BCUT2D eigenvalue weighted by Crippen LogP contribution is 2.21. The Bertz CT molecular complexity index is 807. The number of hydrogen-bond acceptors (Lipinski definition) is 5. The summed E-state index contributed by atoms with van der Waals surface area (Å²) >= 11 is 5.94. The molecule has 28 heavy (non-hydrogen) atoms. The summed E-state index contributed by atoms with van der Waals surface area (Å²) in [5.74, 6) is 0.314. The Morgan fingerprint density at radius 3 is 2.43 bits per heavy atom. The van der Waals surface area contributed by atoms with Crippen molar-refractivity contribution >= 4 is 23.5 Å². The van der Waals surface area contributed by atoms with E-state index in [2.05, 4.69) is 5.32 Å². The highest BCUT2D eigenvalue weighted by Gasteiger charge is 2.17. The van der Waals surface area contributed by atoms with Gasteiger partial charge in [-0.05, 0) is 61.7 Å². The van der Waals surface area contributed by atoms with Gasteiger partial charge in [-0.2, -0.15) is 0 Å². The van der Waals surface area contributed by atoms with Crippen LogP contribution in [0.4, 0.5) is 0 Å². The number of nitrogens with one attached hydrogen (secondary N) is 1. The molecule has 2 aromatic rings. The molecule has 1 N–H and O–H groups in total. The zero-order valence-electron chi connectivity index (χ0n) is 16.2. The number of methoxy groups -OCH3 is 1. The minimum absolute atomic E-state index is 0.287. The summed E-state index contributed by atoms with van der Waals surface area (Å²) in [6, 6.07) is 12.7. The molecule has 2 aromatic carbocycles. The van der Waals surface area contributed by atoms with Crippen LogP contribution in [-0.2, 0) is 20.7 Å². The molecule has 1 unspecified atom stereocenters. The molecule has 0 saturated heterocycles. The number of amides is 1. The number of benzene rings is 2. The number of aryl methyl sites for hydroxylation is 1. The summed E-state index contributed by atoms with van der Waals surface area (Å²) in [6.45, 7) is 3.51. The van der Waals surface area contributed by atoms with Crippen LogP contribution in [0.25, 0.3) is 0 Å². The van der Waals surface area contributed by atoms with Crippen molar-refractivity contribution in [2.45, 2.75) is 26.4 Å². The van der Waals surface area contributed by atoms with Crippen molar-refractivity contribution in [3.8, 4) is 11.5 Å². The first-order valence-corrected chi connectivity index (χ1v) is 9.26. The Morgan fingerprint density at radius 1 is 1.11 bits per heavy atom. The van der Waals surface area contributed by atoms with Gasteiger partial charge in [-0.1, -0.05) is 23.7 Å². The van der Waals surface area contributed by atoms with Crippen molar-refractivity contribution in [1.29, 1.82) is 0 Å². The van der Waals surface area contributed by atoms with Crippen LogP contribution in [0.5, 0.6) is 11.5 Å². The lowest BCUT2D eigenvalue weighted by atomic mass is 10.1. The van der Waals surface area contributed by atoms with Crippen LogP contribution in [0, 0.1) is 6.92 Å². The first kappa shape index (κ1) is 21.6. The molecule has 0 saturated carbocycles. The molecular weight excluding hydrogens is 382 g/mol. The molecule has 0 fully saturated rings. The van der Waals surface area contributed by atoms with Gasteiger partial charge in [0.25, 0.3) is 5.91 Å². The highest BCUT2D eigenvalue weighted by molar-refractivity contribution is 6.31. The quantitative estimate of drug-likeness (QED) is 0.648. The van der Waals surface area contributed by atoms with Gasteiger partial charge in [0.1, 0.15) is 11.5 Å². The first-order chi connectivity index (χ1) is 13.4. The highest BCUT2D eigenvalue weighted by atomic mass is 35.5. The number of halogens is 1. The number of carbonyl (C=O) groups excluding carboxylic acids is 2. The Labute approximate surface area is 169 Å². The van der Waals surface area contributed by atoms with E-state index in [-0.39, 0.29) is 12.5 Å². The molecule has 0 spiro atoms. The molecule has 1 atom stereocenters. The van der Waals surface area contributed by atoms with E-state index in [0.717, 1.165) is 16.9 Å². The summed E-state index contributed by atoms with van der Waals surface area (Å²) in [6.07, 6.45) is -0.242. The normalized spacial score (nSPS) is 11.4. The fourth-order valence-electron chi connectivity index (χ4n) is 2.40. The van der Waals surface area contributed by atoms with E-state index in [1.165, 1.54) is 6.92 Å². The van der Waals surface area contributed by atoms with Crippen LogP contribution in [-0.4, -0.2) is 38.2 Å². The second-order valence-electron chi connectivity index (χ2n) is 6.22. The standard InChI is InChI=1S/C21H24ClNO5/c1-14-12-18(8-9-19(14)22)27-13-20(24)28-15(2)21(25)23-11-10-16-4-6-17(26-3)7-5-16/h4-9,12,15H,10-11,13H2,1-3H3,(H,23,25).